The van der Waals surface area contributed by atoms with E-state index in [-0.39, 0.29) is 0 Å². The number of fused-ring (bicyclic) bond motifs is 1. The molecule has 2 aromatic heterocycles. The molecule has 0 radical (unpaired) electrons. The molecule has 23 heavy (non-hydrogen) atoms. The second-order valence-corrected chi connectivity index (χ2v) is 7.07. The zero-order valence-electron chi connectivity index (χ0n) is 13.5. The molecular formula is C15H21N5O2S. The van der Waals surface area contributed by atoms with Crippen molar-refractivity contribution in [2.45, 2.75) is 44.1 Å². The van der Waals surface area contributed by atoms with E-state index in [9.17, 15) is 4.79 Å². The van der Waals surface area contributed by atoms with E-state index >= 15 is 0 Å². The first-order valence-corrected chi connectivity index (χ1v) is 8.11. The van der Waals surface area contributed by atoms with Crippen molar-refractivity contribution >= 4 is 36.0 Å². The number of nitrogens with one attached hydrogen (secondary N) is 1. The van der Waals surface area contributed by atoms with Crippen molar-refractivity contribution in [2.75, 3.05) is 23.3 Å². The standard InChI is InChI=1S/C15H21N5O2S/c1-15(2,3)22-14(21)18-12-8-11(19-6-4-5-7-19)17-13-10(23)9-16-20(12)13/h8-9,23H,4-7H2,1-3H3,(H,18,21). The molecule has 1 N–H and O–H groups in total. The van der Waals surface area contributed by atoms with E-state index in [0.29, 0.717) is 16.4 Å². The fourth-order valence-corrected chi connectivity index (χ4v) is 2.74. The first-order valence-electron chi connectivity index (χ1n) is 7.66. The van der Waals surface area contributed by atoms with Crippen LogP contribution in [0.3, 0.4) is 0 Å². The van der Waals surface area contributed by atoms with E-state index < -0.39 is 11.7 Å². The number of hydrogen-bond donors (Lipinski definition) is 2. The number of anilines is 2. The Morgan fingerprint density at radius 2 is 2.04 bits per heavy atom. The highest BCUT2D eigenvalue weighted by molar-refractivity contribution is 7.80. The number of amides is 1. The summed E-state index contributed by atoms with van der Waals surface area (Å²) < 4.78 is 6.88. The van der Waals surface area contributed by atoms with Crippen LogP contribution in [0.4, 0.5) is 16.4 Å². The van der Waals surface area contributed by atoms with Gasteiger partial charge in [0.1, 0.15) is 17.2 Å². The Labute approximate surface area is 140 Å². The van der Waals surface area contributed by atoms with Crippen molar-refractivity contribution in [1.82, 2.24) is 14.6 Å². The molecule has 3 heterocycles. The average molecular weight is 335 g/mol. The maximum atomic E-state index is 12.1. The smallest absolute Gasteiger partial charge is 0.413 e. The zero-order valence-corrected chi connectivity index (χ0v) is 14.4. The van der Waals surface area contributed by atoms with E-state index in [2.05, 4.69) is 32.9 Å². The SMILES string of the molecule is CC(C)(C)OC(=O)Nc1cc(N2CCCC2)nc2c(S)cnn12. The number of ether oxygens (including phenoxy) is 1. The Hall–Kier alpha value is -1.96. The number of carbonyl (C=O) groups is 1. The van der Waals surface area contributed by atoms with Crippen LogP contribution < -0.4 is 10.2 Å². The van der Waals surface area contributed by atoms with Crippen molar-refractivity contribution in [3.8, 4) is 0 Å². The number of carbonyl (C=O) groups excluding carboxylic acids is 1. The van der Waals surface area contributed by atoms with Gasteiger partial charge in [-0.15, -0.1) is 12.6 Å². The molecular weight excluding hydrogens is 314 g/mol. The van der Waals surface area contributed by atoms with Gasteiger partial charge in [-0.1, -0.05) is 0 Å². The summed E-state index contributed by atoms with van der Waals surface area (Å²) in [5, 5.41) is 6.98. The largest absolute Gasteiger partial charge is 0.444 e. The normalized spacial score (nSPS) is 15.2. The summed E-state index contributed by atoms with van der Waals surface area (Å²) >= 11 is 4.39. The number of thiol groups is 1. The lowest BCUT2D eigenvalue weighted by atomic mass is 10.2. The average Bonchev–Trinajstić information content (AvgIpc) is 3.07. The van der Waals surface area contributed by atoms with E-state index in [1.165, 1.54) is 0 Å². The minimum atomic E-state index is -0.563. The minimum absolute atomic E-state index is 0.520. The van der Waals surface area contributed by atoms with Crippen molar-refractivity contribution in [1.29, 1.82) is 0 Å². The molecule has 2 aromatic rings. The summed E-state index contributed by atoms with van der Waals surface area (Å²) in [5.41, 5.74) is 0.0520. The molecule has 1 saturated heterocycles. The Kier molecular flexibility index (Phi) is 4.09. The molecule has 0 aromatic carbocycles. The summed E-state index contributed by atoms with van der Waals surface area (Å²) in [5.74, 6) is 1.34. The third kappa shape index (κ3) is 3.52. The zero-order chi connectivity index (χ0) is 16.6. The number of aromatic nitrogens is 3. The number of nitrogens with zero attached hydrogens (tertiary/aromatic N) is 4. The van der Waals surface area contributed by atoms with Crippen molar-refractivity contribution in [3.63, 3.8) is 0 Å². The number of rotatable bonds is 2. The van der Waals surface area contributed by atoms with Crippen LogP contribution in [-0.4, -0.2) is 39.4 Å². The Balaban J connectivity index is 1.95. The molecule has 7 nitrogen and oxygen atoms in total. The quantitative estimate of drug-likeness (QED) is 0.826. The maximum absolute atomic E-state index is 12.1. The third-order valence-corrected chi connectivity index (χ3v) is 3.81. The van der Waals surface area contributed by atoms with Gasteiger partial charge in [0, 0.05) is 19.2 Å². The summed E-state index contributed by atoms with van der Waals surface area (Å²) in [6.07, 6.45) is 3.39. The van der Waals surface area contributed by atoms with Crippen LogP contribution in [0.25, 0.3) is 5.65 Å². The molecule has 0 aliphatic carbocycles. The topological polar surface area (TPSA) is 71.8 Å². The van der Waals surface area contributed by atoms with Crippen LogP contribution in [0, 0.1) is 0 Å². The molecule has 0 bridgehead atoms. The van der Waals surface area contributed by atoms with Gasteiger partial charge in [0.25, 0.3) is 0 Å². The van der Waals surface area contributed by atoms with Gasteiger partial charge >= 0.3 is 6.09 Å². The predicted octanol–water partition coefficient (Wildman–Crippen LogP) is 2.97. The van der Waals surface area contributed by atoms with Crippen molar-refractivity contribution in [2.24, 2.45) is 0 Å². The monoisotopic (exact) mass is 335 g/mol. The van der Waals surface area contributed by atoms with Crippen LogP contribution in [0.15, 0.2) is 17.2 Å². The van der Waals surface area contributed by atoms with Gasteiger partial charge in [0.2, 0.25) is 0 Å². The van der Waals surface area contributed by atoms with Gasteiger partial charge < -0.3 is 9.64 Å². The second kappa shape index (κ2) is 5.92. The first kappa shape index (κ1) is 15.9. The fraction of sp³-hybridized carbons (Fsp3) is 0.533. The minimum Gasteiger partial charge on any atom is -0.444 e. The molecule has 1 aliphatic heterocycles. The first-order chi connectivity index (χ1) is 10.8. The second-order valence-electron chi connectivity index (χ2n) is 6.59. The van der Waals surface area contributed by atoms with Gasteiger partial charge in [-0.25, -0.2) is 9.78 Å². The Morgan fingerprint density at radius 3 is 2.70 bits per heavy atom. The predicted molar refractivity (Wildman–Crippen MR) is 91.5 cm³/mol. The van der Waals surface area contributed by atoms with Gasteiger partial charge in [-0.3, -0.25) is 5.32 Å². The van der Waals surface area contributed by atoms with Crippen LogP contribution >= 0.6 is 12.6 Å². The van der Waals surface area contributed by atoms with Gasteiger partial charge in [-0.2, -0.15) is 9.61 Å². The molecule has 0 spiro atoms. The molecule has 124 valence electrons. The summed E-state index contributed by atoms with van der Waals surface area (Å²) in [6, 6.07) is 1.82. The molecule has 0 atom stereocenters. The van der Waals surface area contributed by atoms with Crippen molar-refractivity contribution < 1.29 is 9.53 Å². The third-order valence-electron chi connectivity index (χ3n) is 3.50. The summed E-state index contributed by atoms with van der Waals surface area (Å²) in [7, 11) is 0. The summed E-state index contributed by atoms with van der Waals surface area (Å²) in [4.78, 5) is 19.6. The highest BCUT2D eigenvalue weighted by Crippen LogP contribution is 2.25. The lowest BCUT2D eigenvalue weighted by Gasteiger charge is -2.21. The molecule has 0 saturated carbocycles. The van der Waals surface area contributed by atoms with E-state index in [0.717, 1.165) is 31.7 Å². The molecule has 8 heteroatoms. The van der Waals surface area contributed by atoms with E-state index in [1.807, 2.05) is 26.8 Å². The van der Waals surface area contributed by atoms with E-state index in [4.69, 9.17) is 4.74 Å². The van der Waals surface area contributed by atoms with Crippen molar-refractivity contribution in [3.05, 3.63) is 12.3 Å². The lowest BCUT2D eigenvalue weighted by Crippen LogP contribution is -2.28. The van der Waals surface area contributed by atoms with Gasteiger partial charge in [0.05, 0.1) is 11.1 Å². The molecule has 0 unspecified atom stereocenters. The highest BCUT2D eigenvalue weighted by Gasteiger charge is 2.21. The number of hydrogen-bond acceptors (Lipinski definition) is 6. The van der Waals surface area contributed by atoms with Crippen LogP contribution in [0.1, 0.15) is 33.6 Å². The fourth-order valence-electron chi connectivity index (χ4n) is 2.54. The van der Waals surface area contributed by atoms with Crippen LogP contribution in [-0.2, 0) is 4.74 Å². The molecule has 1 aliphatic rings. The highest BCUT2D eigenvalue weighted by atomic mass is 32.1. The van der Waals surface area contributed by atoms with Crippen LogP contribution in [0.5, 0.6) is 0 Å². The van der Waals surface area contributed by atoms with Gasteiger partial charge in [-0.05, 0) is 33.6 Å². The van der Waals surface area contributed by atoms with Gasteiger partial charge in [0.15, 0.2) is 5.65 Å². The summed E-state index contributed by atoms with van der Waals surface area (Å²) in [6.45, 7) is 7.40. The molecule has 1 amide bonds. The Morgan fingerprint density at radius 1 is 1.35 bits per heavy atom. The lowest BCUT2D eigenvalue weighted by molar-refractivity contribution is 0.0635. The molecule has 1 fully saturated rings. The maximum Gasteiger partial charge on any atom is 0.413 e. The van der Waals surface area contributed by atoms with E-state index in [1.54, 1.807) is 10.7 Å². The molecule has 3 rings (SSSR count). The van der Waals surface area contributed by atoms with Crippen LogP contribution in [0.2, 0.25) is 0 Å². The Bertz CT molecular complexity index is 731.